The first-order valence-electron chi connectivity index (χ1n) is 5.54. The minimum atomic E-state index is -0.679. The van der Waals surface area contributed by atoms with E-state index in [0.29, 0.717) is 17.8 Å². The van der Waals surface area contributed by atoms with Crippen molar-refractivity contribution in [2.75, 3.05) is 18.5 Å². The molecule has 0 spiro atoms. The van der Waals surface area contributed by atoms with Crippen molar-refractivity contribution in [3.63, 3.8) is 0 Å². The molecule has 0 heterocycles. The largest absolute Gasteiger partial charge is 0.389 e. The summed E-state index contributed by atoms with van der Waals surface area (Å²) in [7, 11) is 1.74. The summed E-state index contributed by atoms with van der Waals surface area (Å²) in [6.07, 6.45) is -0.679. The molecule has 0 saturated heterocycles. The molecule has 0 saturated carbocycles. The van der Waals surface area contributed by atoms with Gasteiger partial charge in [0.15, 0.2) is 0 Å². The Morgan fingerprint density at radius 3 is 2.59 bits per heavy atom. The first-order valence-corrected chi connectivity index (χ1v) is 5.54. The van der Waals surface area contributed by atoms with Crippen molar-refractivity contribution >= 4 is 5.69 Å². The SMILES string of the molecule is CC(C#N)CN(C)c1ccc([C@@H](C)O)cc1F. The van der Waals surface area contributed by atoms with E-state index in [1.54, 1.807) is 37.9 Å². The summed E-state index contributed by atoms with van der Waals surface area (Å²) in [6.45, 7) is 3.86. The molecule has 0 aromatic heterocycles. The number of nitriles is 1. The molecule has 0 radical (unpaired) electrons. The van der Waals surface area contributed by atoms with Gasteiger partial charge in [-0.15, -0.1) is 0 Å². The summed E-state index contributed by atoms with van der Waals surface area (Å²) in [5.74, 6) is -0.535. The molecule has 17 heavy (non-hydrogen) atoms. The Kier molecular flexibility index (Phi) is 4.47. The smallest absolute Gasteiger partial charge is 0.146 e. The molecule has 0 fully saturated rings. The van der Waals surface area contributed by atoms with Crippen molar-refractivity contribution < 1.29 is 9.50 Å². The molecule has 0 aliphatic carbocycles. The van der Waals surface area contributed by atoms with Crippen molar-refractivity contribution in [2.24, 2.45) is 5.92 Å². The Bertz CT molecular complexity index is 426. The second kappa shape index (κ2) is 5.65. The van der Waals surface area contributed by atoms with Gasteiger partial charge in [-0.25, -0.2) is 4.39 Å². The Labute approximate surface area is 101 Å². The van der Waals surface area contributed by atoms with Crippen LogP contribution in [-0.4, -0.2) is 18.7 Å². The number of aliphatic hydroxyl groups is 1. The fraction of sp³-hybridized carbons (Fsp3) is 0.462. The van der Waals surface area contributed by atoms with Crippen LogP contribution < -0.4 is 4.90 Å². The zero-order chi connectivity index (χ0) is 13.0. The first kappa shape index (κ1) is 13.5. The summed E-state index contributed by atoms with van der Waals surface area (Å²) < 4.78 is 13.8. The summed E-state index contributed by atoms with van der Waals surface area (Å²) >= 11 is 0. The molecule has 92 valence electrons. The van der Waals surface area contributed by atoms with E-state index in [0.717, 1.165) is 0 Å². The highest BCUT2D eigenvalue weighted by atomic mass is 19.1. The van der Waals surface area contributed by atoms with Crippen LogP contribution in [-0.2, 0) is 0 Å². The minimum Gasteiger partial charge on any atom is -0.389 e. The lowest BCUT2D eigenvalue weighted by molar-refractivity contribution is 0.199. The van der Waals surface area contributed by atoms with E-state index in [9.17, 15) is 9.50 Å². The fourth-order valence-electron chi connectivity index (χ4n) is 1.64. The summed E-state index contributed by atoms with van der Waals surface area (Å²) in [5.41, 5.74) is 0.990. The lowest BCUT2D eigenvalue weighted by Gasteiger charge is -2.21. The standard InChI is InChI=1S/C13H17FN2O/c1-9(7-15)8-16(3)13-5-4-11(10(2)17)6-12(13)14/h4-6,9-10,17H,8H2,1-3H3/t9?,10-/m1/s1. The second-order valence-electron chi connectivity index (χ2n) is 4.30. The van der Waals surface area contributed by atoms with Crippen molar-refractivity contribution in [2.45, 2.75) is 20.0 Å². The van der Waals surface area contributed by atoms with Gasteiger partial charge in [0.2, 0.25) is 0 Å². The van der Waals surface area contributed by atoms with Crippen LogP contribution in [0, 0.1) is 23.1 Å². The molecule has 2 atom stereocenters. The van der Waals surface area contributed by atoms with E-state index in [1.165, 1.54) is 6.07 Å². The predicted octanol–water partition coefficient (Wildman–Crippen LogP) is 2.47. The molecule has 0 amide bonds. The van der Waals surface area contributed by atoms with Gasteiger partial charge in [-0.1, -0.05) is 6.07 Å². The molecule has 1 unspecified atom stereocenters. The second-order valence-corrected chi connectivity index (χ2v) is 4.30. The first-order chi connectivity index (χ1) is 7.95. The lowest BCUT2D eigenvalue weighted by Crippen LogP contribution is -2.24. The zero-order valence-corrected chi connectivity index (χ0v) is 10.3. The molecular formula is C13H17FN2O. The molecule has 1 aromatic carbocycles. The molecule has 0 aliphatic heterocycles. The number of hydrogen-bond acceptors (Lipinski definition) is 3. The van der Waals surface area contributed by atoms with Gasteiger partial charge in [0.1, 0.15) is 5.82 Å². The molecular weight excluding hydrogens is 219 g/mol. The van der Waals surface area contributed by atoms with E-state index < -0.39 is 6.10 Å². The third-order valence-electron chi connectivity index (χ3n) is 2.63. The Morgan fingerprint density at radius 1 is 1.47 bits per heavy atom. The van der Waals surface area contributed by atoms with Crippen LogP contribution in [0.1, 0.15) is 25.5 Å². The van der Waals surface area contributed by atoms with Gasteiger partial charge in [-0.2, -0.15) is 5.26 Å². The van der Waals surface area contributed by atoms with Gasteiger partial charge in [-0.3, -0.25) is 0 Å². The van der Waals surface area contributed by atoms with Crippen LogP contribution >= 0.6 is 0 Å². The van der Waals surface area contributed by atoms with E-state index in [-0.39, 0.29) is 11.7 Å². The fourth-order valence-corrected chi connectivity index (χ4v) is 1.64. The van der Waals surface area contributed by atoms with Gasteiger partial charge >= 0.3 is 0 Å². The highest BCUT2D eigenvalue weighted by Crippen LogP contribution is 2.23. The van der Waals surface area contributed by atoms with Crippen LogP contribution in [0.5, 0.6) is 0 Å². The van der Waals surface area contributed by atoms with Gasteiger partial charge < -0.3 is 10.0 Å². The summed E-state index contributed by atoms with van der Waals surface area (Å²) in [6, 6.07) is 6.76. The number of benzene rings is 1. The maximum absolute atomic E-state index is 13.8. The molecule has 0 aliphatic rings. The van der Waals surface area contributed by atoms with E-state index >= 15 is 0 Å². The van der Waals surface area contributed by atoms with Crippen LogP contribution in [0.15, 0.2) is 18.2 Å². The third kappa shape index (κ3) is 3.43. The maximum atomic E-state index is 13.8. The van der Waals surface area contributed by atoms with Crippen LogP contribution in [0.3, 0.4) is 0 Å². The molecule has 1 N–H and O–H groups in total. The topological polar surface area (TPSA) is 47.3 Å². The monoisotopic (exact) mass is 236 g/mol. The van der Waals surface area contributed by atoms with Crippen LogP contribution in [0.4, 0.5) is 10.1 Å². The van der Waals surface area contributed by atoms with E-state index in [2.05, 4.69) is 6.07 Å². The number of aliphatic hydroxyl groups excluding tert-OH is 1. The summed E-state index contributed by atoms with van der Waals surface area (Å²) in [4.78, 5) is 1.70. The number of nitrogens with zero attached hydrogens (tertiary/aromatic N) is 2. The quantitative estimate of drug-likeness (QED) is 0.873. The average molecular weight is 236 g/mol. The Balaban J connectivity index is 2.89. The third-order valence-corrected chi connectivity index (χ3v) is 2.63. The summed E-state index contributed by atoms with van der Waals surface area (Å²) in [5, 5.41) is 18.1. The molecule has 4 heteroatoms. The number of halogens is 1. The Hall–Kier alpha value is -1.60. The van der Waals surface area contributed by atoms with Crippen LogP contribution in [0.2, 0.25) is 0 Å². The molecule has 3 nitrogen and oxygen atoms in total. The van der Waals surface area contributed by atoms with Crippen molar-refractivity contribution in [3.8, 4) is 6.07 Å². The zero-order valence-electron chi connectivity index (χ0n) is 10.3. The molecule has 1 rings (SSSR count). The van der Waals surface area contributed by atoms with Crippen molar-refractivity contribution in [1.82, 2.24) is 0 Å². The predicted molar refractivity (Wildman–Crippen MR) is 65.1 cm³/mol. The van der Waals surface area contributed by atoms with Gasteiger partial charge in [0.05, 0.1) is 23.8 Å². The van der Waals surface area contributed by atoms with Gasteiger partial charge in [0, 0.05) is 13.6 Å². The Morgan fingerprint density at radius 2 is 2.12 bits per heavy atom. The van der Waals surface area contributed by atoms with E-state index in [4.69, 9.17) is 5.26 Å². The number of anilines is 1. The highest BCUT2D eigenvalue weighted by Gasteiger charge is 2.12. The highest BCUT2D eigenvalue weighted by molar-refractivity contribution is 5.49. The molecule has 0 bridgehead atoms. The average Bonchev–Trinajstić information content (AvgIpc) is 2.28. The van der Waals surface area contributed by atoms with Crippen LogP contribution in [0.25, 0.3) is 0 Å². The normalized spacial score (nSPS) is 13.9. The number of hydrogen-bond donors (Lipinski definition) is 1. The van der Waals surface area contributed by atoms with Crippen molar-refractivity contribution in [1.29, 1.82) is 5.26 Å². The molecule has 1 aromatic rings. The minimum absolute atomic E-state index is 0.157. The van der Waals surface area contributed by atoms with Gasteiger partial charge in [-0.05, 0) is 31.5 Å². The maximum Gasteiger partial charge on any atom is 0.146 e. The van der Waals surface area contributed by atoms with Gasteiger partial charge in [0.25, 0.3) is 0 Å². The lowest BCUT2D eigenvalue weighted by atomic mass is 10.1. The number of rotatable bonds is 4. The van der Waals surface area contributed by atoms with E-state index in [1.807, 2.05) is 0 Å². The van der Waals surface area contributed by atoms with Crippen molar-refractivity contribution in [3.05, 3.63) is 29.6 Å².